The van der Waals surface area contributed by atoms with Gasteiger partial charge in [-0.3, -0.25) is 14.7 Å². The first kappa shape index (κ1) is 20.8. The normalized spacial score (nSPS) is 10.8. The molecule has 0 spiro atoms. The Labute approximate surface area is 185 Å². The number of hydrogen-bond donors (Lipinski definition) is 0. The number of ether oxygens (including phenoxy) is 2. The van der Waals surface area contributed by atoms with Gasteiger partial charge in [-0.15, -0.1) is 0 Å². The summed E-state index contributed by atoms with van der Waals surface area (Å²) in [6, 6.07) is 17.5. The molecule has 0 unspecified atom stereocenters. The molecule has 0 atom stereocenters. The number of carbonyl (C=O) groups is 1. The third kappa shape index (κ3) is 4.67. The lowest BCUT2D eigenvalue weighted by Gasteiger charge is -2.20. The first-order valence-electron chi connectivity index (χ1n) is 9.94. The lowest BCUT2D eigenvalue weighted by molar-refractivity contribution is -0.118. The minimum absolute atomic E-state index is 0.00435. The predicted octanol–water partition coefficient (Wildman–Crippen LogP) is 4.87. The van der Waals surface area contributed by atoms with Gasteiger partial charge in [-0.25, -0.2) is 4.98 Å². The maximum atomic E-state index is 13.3. The summed E-state index contributed by atoms with van der Waals surface area (Å²) < 4.78 is 11.8. The Bertz CT molecular complexity index is 1120. The van der Waals surface area contributed by atoms with Gasteiger partial charge in [0.2, 0.25) is 5.91 Å². The molecule has 0 fully saturated rings. The molecule has 6 nitrogen and oxygen atoms in total. The van der Waals surface area contributed by atoms with E-state index in [1.807, 2.05) is 54.6 Å². The number of thiazole rings is 1. The van der Waals surface area contributed by atoms with E-state index in [0.29, 0.717) is 41.5 Å². The fourth-order valence-corrected chi connectivity index (χ4v) is 4.45. The number of aromatic nitrogens is 2. The van der Waals surface area contributed by atoms with Crippen LogP contribution in [0.15, 0.2) is 67.0 Å². The van der Waals surface area contributed by atoms with E-state index in [-0.39, 0.29) is 5.91 Å². The molecule has 1 amide bonds. The minimum Gasteiger partial charge on any atom is -0.495 e. The second-order valence-corrected chi connectivity index (χ2v) is 7.95. The Morgan fingerprint density at radius 3 is 2.42 bits per heavy atom. The average Bonchev–Trinajstić information content (AvgIpc) is 3.27. The van der Waals surface area contributed by atoms with Crippen molar-refractivity contribution >= 4 is 32.6 Å². The van der Waals surface area contributed by atoms with Gasteiger partial charge in [0.1, 0.15) is 21.7 Å². The highest BCUT2D eigenvalue weighted by atomic mass is 32.1. The van der Waals surface area contributed by atoms with Gasteiger partial charge >= 0.3 is 0 Å². The zero-order valence-electron chi connectivity index (χ0n) is 17.4. The van der Waals surface area contributed by atoms with Crippen LogP contribution in [0, 0.1) is 0 Å². The molecule has 0 bridgehead atoms. The number of nitrogens with zero attached hydrogens (tertiary/aromatic N) is 3. The summed E-state index contributed by atoms with van der Waals surface area (Å²) in [5.41, 5.74) is 2.76. The second kappa shape index (κ2) is 9.57. The van der Waals surface area contributed by atoms with Crippen molar-refractivity contribution in [2.75, 3.05) is 19.1 Å². The smallest absolute Gasteiger partial charge is 0.229 e. The van der Waals surface area contributed by atoms with Gasteiger partial charge in [0.05, 0.1) is 20.8 Å². The minimum atomic E-state index is 0.00435. The lowest BCUT2D eigenvalue weighted by Crippen LogP contribution is -2.30. The fraction of sp³-hybridized carbons (Fsp3) is 0.208. The van der Waals surface area contributed by atoms with E-state index in [2.05, 4.69) is 4.98 Å². The fourth-order valence-electron chi connectivity index (χ4n) is 3.36. The SMILES string of the molecule is COc1ccc(OC)c2sc(N(Cc3cccnc3)C(=O)CCc3ccccc3)nc12. The van der Waals surface area contributed by atoms with Crippen molar-refractivity contribution in [3.63, 3.8) is 0 Å². The zero-order chi connectivity index (χ0) is 21.6. The van der Waals surface area contributed by atoms with E-state index in [1.54, 1.807) is 31.5 Å². The topological polar surface area (TPSA) is 64.6 Å². The van der Waals surface area contributed by atoms with Crippen molar-refractivity contribution in [3.8, 4) is 11.5 Å². The molecule has 2 aromatic heterocycles. The summed E-state index contributed by atoms with van der Waals surface area (Å²) >= 11 is 1.42. The largest absolute Gasteiger partial charge is 0.495 e. The Hall–Kier alpha value is -3.45. The molecule has 0 aliphatic heterocycles. The highest BCUT2D eigenvalue weighted by Crippen LogP contribution is 2.40. The molecule has 4 rings (SSSR count). The molecule has 0 radical (unpaired) electrons. The third-order valence-corrected chi connectivity index (χ3v) is 6.06. The maximum absolute atomic E-state index is 13.3. The Morgan fingerprint density at radius 1 is 0.968 bits per heavy atom. The van der Waals surface area contributed by atoms with Crippen molar-refractivity contribution in [2.24, 2.45) is 0 Å². The van der Waals surface area contributed by atoms with Crippen molar-refractivity contribution in [1.29, 1.82) is 0 Å². The molecular weight excluding hydrogens is 410 g/mol. The van der Waals surface area contributed by atoms with Crippen LogP contribution in [0.3, 0.4) is 0 Å². The molecule has 0 N–H and O–H groups in total. The van der Waals surface area contributed by atoms with E-state index in [9.17, 15) is 4.79 Å². The van der Waals surface area contributed by atoms with Crippen LogP contribution in [-0.4, -0.2) is 30.1 Å². The highest BCUT2D eigenvalue weighted by Gasteiger charge is 2.23. The number of amides is 1. The molecular formula is C24H23N3O3S. The van der Waals surface area contributed by atoms with E-state index < -0.39 is 0 Å². The van der Waals surface area contributed by atoms with Gasteiger partial charge in [0, 0.05) is 18.8 Å². The molecule has 0 saturated carbocycles. The van der Waals surface area contributed by atoms with Crippen LogP contribution >= 0.6 is 11.3 Å². The summed E-state index contributed by atoms with van der Waals surface area (Å²) in [4.78, 5) is 24.0. The van der Waals surface area contributed by atoms with E-state index in [1.165, 1.54) is 11.3 Å². The van der Waals surface area contributed by atoms with Crippen LogP contribution in [0.4, 0.5) is 5.13 Å². The maximum Gasteiger partial charge on any atom is 0.229 e. The Balaban J connectivity index is 1.69. The van der Waals surface area contributed by atoms with Crippen LogP contribution in [0.1, 0.15) is 17.5 Å². The lowest BCUT2D eigenvalue weighted by atomic mass is 10.1. The molecule has 0 saturated heterocycles. The van der Waals surface area contributed by atoms with Crippen molar-refractivity contribution in [1.82, 2.24) is 9.97 Å². The summed E-state index contributed by atoms with van der Waals surface area (Å²) in [7, 11) is 3.23. The van der Waals surface area contributed by atoms with Gasteiger partial charge in [0.25, 0.3) is 0 Å². The van der Waals surface area contributed by atoms with Crippen LogP contribution < -0.4 is 14.4 Å². The van der Waals surface area contributed by atoms with E-state index in [0.717, 1.165) is 15.8 Å². The molecule has 31 heavy (non-hydrogen) atoms. The van der Waals surface area contributed by atoms with Crippen molar-refractivity contribution in [3.05, 3.63) is 78.1 Å². The van der Waals surface area contributed by atoms with E-state index in [4.69, 9.17) is 14.5 Å². The van der Waals surface area contributed by atoms with Crippen LogP contribution in [0.25, 0.3) is 10.2 Å². The zero-order valence-corrected chi connectivity index (χ0v) is 18.3. The Morgan fingerprint density at radius 2 is 1.71 bits per heavy atom. The molecule has 158 valence electrons. The van der Waals surface area contributed by atoms with Crippen LogP contribution in [0.5, 0.6) is 11.5 Å². The number of hydrogen-bond acceptors (Lipinski definition) is 6. The quantitative estimate of drug-likeness (QED) is 0.396. The van der Waals surface area contributed by atoms with Crippen molar-refractivity contribution < 1.29 is 14.3 Å². The van der Waals surface area contributed by atoms with Crippen molar-refractivity contribution in [2.45, 2.75) is 19.4 Å². The molecule has 2 heterocycles. The molecule has 4 aromatic rings. The number of methoxy groups -OCH3 is 2. The number of pyridine rings is 1. The summed E-state index contributed by atoms with van der Waals surface area (Å²) in [5, 5.41) is 0.611. The monoisotopic (exact) mass is 433 g/mol. The number of rotatable bonds is 8. The first-order chi connectivity index (χ1) is 15.2. The second-order valence-electron chi connectivity index (χ2n) is 6.97. The van der Waals surface area contributed by atoms with Gasteiger partial charge in [-0.1, -0.05) is 47.7 Å². The average molecular weight is 434 g/mol. The predicted molar refractivity (Wildman–Crippen MR) is 123 cm³/mol. The van der Waals surface area contributed by atoms with Gasteiger partial charge in [-0.2, -0.15) is 0 Å². The summed E-state index contributed by atoms with van der Waals surface area (Å²) in [6.45, 7) is 0.395. The van der Waals surface area contributed by atoms with Crippen LogP contribution in [-0.2, 0) is 17.8 Å². The number of aryl methyl sites for hydroxylation is 1. The third-order valence-electron chi connectivity index (χ3n) is 4.96. The summed E-state index contributed by atoms with van der Waals surface area (Å²) in [6.07, 6.45) is 4.54. The molecule has 0 aliphatic carbocycles. The number of anilines is 1. The Kier molecular flexibility index (Phi) is 6.43. The van der Waals surface area contributed by atoms with Crippen LogP contribution in [0.2, 0.25) is 0 Å². The summed E-state index contributed by atoms with van der Waals surface area (Å²) in [5.74, 6) is 1.36. The number of benzene rings is 2. The highest BCUT2D eigenvalue weighted by molar-refractivity contribution is 7.22. The van der Waals surface area contributed by atoms with Gasteiger partial charge in [0.15, 0.2) is 5.13 Å². The first-order valence-corrected chi connectivity index (χ1v) is 10.8. The molecule has 7 heteroatoms. The van der Waals surface area contributed by atoms with Gasteiger partial charge in [-0.05, 0) is 35.7 Å². The standard InChI is InChI=1S/C24H23N3O3S/c1-29-19-11-12-20(30-2)23-22(19)26-24(31-23)27(16-18-9-6-14-25-15-18)21(28)13-10-17-7-4-3-5-8-17/h3-9,11-12,14-15H,10,13,16H2,1-2H3. The van der Waals surface area contributed by atoms with Gasteiger partial charge < -0.3 is 9.47 Å². The van der Waals surface area contributed by atoms with E-state index >= 15 is 0 Å². The number of carbonyl (C=O) groups excluding carboxylic acids is 1. The molecule has 0 aliphatic rings. The number of fused-ring (bicyclic) bond motifs is 1. The molecule has 2 aromatic carbocycles.